The monoisotopic (exact) mass is 663 g/mol. The highest BCUT2D eigenvalue weighted by atomic mass is 15.2. The molecular weight excluding hydrogens is 619 g/mol. The summed E-state index contributed by atoms with van der Waals surface area (Å²) in [5, 5.41) is 3.63. The summed E-state index contributed by atoms with van der Waals surface area (Å²) in [5.41, 5.74) is 14.1. The first kappa shape index (κ1) is 30.8. The highest BCUT2D eigenvalue weighted by Gasteiger charge is 2.52. The lowest BCUT2D eigenvalue weighted by Crippen LogP contribution is -2.39. The molecule has 1 spiro atoms. The number of hydrogen-bond donors (Lipinski definition) is 1. The predicted octanol–water partition coefficient (Wildman–Crippen LogP) is 11.1. The summed E-state index contributed by atoms with van der Waals surface area (Å²) in [6.07, 6.45) is 23.6. The van der Waals surface area contributed by atoms with Crippen molar-refractivity contribution in [3.05, 3.63) is 172 Å². The number of aliphatic imine (C=N–C) groups is 2. The fourth-order valence-electron chi connectivity index (χ4n) is 10.3. The van der Waals surface area contributed by atoms with Gasteiger partial charge in [0.15, 0.2) is 6.17 Å². The number of allylic oxidation sites excluding steroid dienone is 7. The quantitative estimate of drug-likeness (QED) is 0.232. The molecule has 10 rings (SSSR count). The van der Waals surface area contributed by atoms with E-state index >= 15 is 0 Å². The van der Waals surface area contributed by atoms with Gasteiger partial charge in [0.1, 0.15) is 11.7 Å². The first-order valence-electron chi connectivity index (χ1n) is 19.1. The van der Waals surface area contributed by atoms with Crippen LogP contribution in [0.25, 0.3) is 16.7 Å². The Hall–Kier alpha value is -5.02. The SMILES string of the molecule is CC1(C)c2ccccc2-c2cc3c(cc21)C1(CCCCC1)C1C=CC(c2ccc(C4=NC(c5ccccc5)N=C(C5C=CC=CC5)N4)cc2)=CC31. The molecule has 1 saturated carbocycles. The average Bonchev–Trinajstić information content (AvgIpc) is 3.58. The van der Waals surface area contributed by atoms with Crippen molar-refractivity contribution >= 4 is 17.2 Å². The third-order valence-corrected chi connectivity index (χ3v) is 12.9. The molecule has 51 heavy (non-hydrogen) atoms. The van der Waals surface area contributed by atoms with Crippen LogP contribution < -0.4 is 5.32 Å². The Kier molecular flexibility index (Phi) is 7.10. The highest BCUT2D eigenvalue weighted by Crippen LogP contribution is 2.62. The topological polar surface area (TPSA) is 36.8 Å². The number of hydrogen-bond acceptors (Lipinski definition) is 3. The molecule has 3 nitrogen and oxygen atoms in total. The van der Waals surface area contributed by atoms with Crippen LogP contribution in [0.15, 0.2) is 144 Å². The minimum atomic E-state index is -0.258. The largest absolute Gasteiger partial charge is 0.328 e. The molecule has 252 valence electrons. The van der Waals surface area contributed by atoms with Crippen molar-refractivity contribution in [3.8, 4) is 11.1 Å². The number of benzene rings is 4. The fraction of sp³-hybridized carbons (Fsp3) is 0.292. The molecule has 0 bridgehead atoms. The van der Waals surface area contributed by atoms with E-state index in [-0.39, 0.29) is 22.9 Å². The van der Waals surface area contributed by atoms with Gasteiger partial charge in [-0.05, 0) is 81.3 Å². The van der Waals surface area contributed by atoms with Gasteiger partial charge in [-0.25, -0.2) is 9.98 Å². The van der Waals surface area contributed by atoms with E-state index in [4.69, 9.17) is 9.98 Å². The highest BCUT2D eigenvalue weighted by molar-refractivity contribution is 6.11. The smallest absolute Gasteiger partial charge is 0.169 e. The van der Waals surface area contributed by atoms with Gasteiger partial charge in [0.2, 0.25) is 0 Å². The second-order valence-electron chi connectivity index (χ2n) is 16.0. The average molecular weight is 664 g/mol. The maximum atomic E-state index is 5.13. The Labute approximate surface area is 302 Å². The van der Waals surface area contributed by atoms with Crippen LogP contribution in [-0.2, 0) is 10.8 Å². The van der Waals surface area contributed by atoms with Crippen molar-refractivity contribution in [2.75, 3.05) is 0 Å². The van der Waals surface area contributed by atoms with Crippen LogP contribution in [0.1, 0.15) is 103 Å². The van der Waals surface area contributed by atoms with Crippen LogP contribution >= 0.6 is 0 Å². The van der Waals surface area contributed by atoms with Crippen LogP contribution in [0.2, 0.25) is 0 Å². The van der Waals surface area contributed by atoms with Crippen LogP contribution in [0.5, 0.6) is 0 Å². The minimum absolute atomic E-state index is 0.0263. The van der Waals surface area contributed by atoms with E-state index in [1.54, 1.807) is 11.1 Å². The molecule has 0 amide bonds. The molecule has 4 aromatic rings. The van der Waals surface area contributed by atoms with E-state index in [0.29, 0.717) is 11.8 Å². The molecule has 4 aromatic carbocycles. The first-order chi connectivity index (χ1) is 25.0. The number of fused-ring (bicyclic) bond motifs is 8. The number of rotatable bonds is 4. The van der Waals surface area contributed by atoms with E-state index in [2.05, 4.69) is 153 Å². The van der Waals surface area contributed by atoms with E-state index in [9.17, 15) is 0 Å². The lowest BCUT2D eigenvalue weighted by Gasteiger charge is -2.41. The number of nitrogens with zero attached hydrogens (tertiary/aromatic N) is 2. The van der Waals surface area contributed by atoms with Gasteiger partial charge in [0.25, 0.3) is 0 Å². The molecule has 0 radical (unpaired) electrons. The van der Waals surface area contributed by atoms with Crippen molar-refractivity contribution in [1.82, 2.24) is 5.32 Å². The molecule has 1 fully saturated rings. The minimum Gasteiger partial charge on any atom is -0.328 e. The number of nitrogens with one attached hydrogen (secondary N) is 1. The molecule has 1 heterocycles. The maximum absolute atomic E-state index is 5.13. The van der Waals surface area contributed by atoms with Crippen LogP contribution in [-0.4, -0.2) is 11.7 Å². The Balaban J connectivity index is 1.00. The Morgan fingerprint density at radius 1 is 0.706 bits per heavy atom. The van der Waals surface area contributed by atoms with Crippen molar-refractivity contribution in [1.29, 1.82) is 0 Å². The summed E-state index contributed by atoms with van der Waals surface area (Å²) < 4.78 is 0. The summed E-state index contributed by atoms with van der Waals surface area (Å²) in [7, 11) is 0. The summed E-state index contributed by atoms with van der Waals surface area (Å²) in [5.74, 6) is 3.01. The van der Waals surface area contributed by atoms with Crippen molar-refractivity contribution in [2.24, 2.45) is 21.8 Å². The summed E-state index contributed by atoms with van der Waals surface area (Å²) >= 11 is 0. The van der Waals surface area contributed by atoms with E-state index in [1.165, 1.54) is 65.5 Å². The second kappa shape index (κ2) is 11.8. The first-order valence-corrected chi connectivity index (χ1v) is 19.1. The molecule has 0 saturated heterocycles. The summed E-state index contributed by atoms with van der Waals surface area (Å²) in [4.78, 5) is 10.2. The van der Waals surface area contributed by atoms with Crippen LogP contribution in [0, 0.1) is 11.8 Å². The third-order valence-electron chi connectivity index (χ3n) is 12.9. The predicted molar refractivity (Wildman–Crippen MR) is 211 cm³/mol. The van der Waals surface area contributed by atoms with Crippen molar-refractivity contribution in [3.63, 3.8) is 0 Å². The van der Waals surface area contributed by atoms with Gasteiger partial charge in [-0.2, -0.15) is 0 Å². The van der Waals surface area contributed by atoms with Gasteiger partial charge in [-0.15, -0.1) is 0 Å². The molecule has 6 aliphatic rings. The van der Waals surface area contributed by atoms with Gasteiger partial charge in [-0.3, -0.25) is 0 Å². The van der Waals surface area contributed by atoms with Gasteiger partial charge in [0.05, 0.1) is 0 Å². The molecular formula is C48H45N3. The summed E-state index contributed by atoms with van der Waals surface area (Å²) in [6, 6.07) is 33.9. The molecule has 3 heteroatoms. The molecule has 1 N–H and O–H groups in total. The molecule has 5 aliphatic carbocycles. The molecule has 4 atom stereocenters. The van der Waals surface area contributed by atoms with Crippen LogP contribution in [0.4, 0.5) is 0 Å². The zero-order valence-electron chi connectivity index (χ0n) is 29.6. The van der Waals surface area contributed by atoms with E-state index < -0.39 is 0 Å². The standard InChI is InChI=1S/C48H45N3/c1-47(2)40-19-11-10-18-36(40)38-29-39-37-28-35(24-25-41(37)48(26-12-5-13-27-48)43(39)30-42(38)47)31-20-22-34(23-21-31)46-50-44(32-14-6-3-7-15-32)49-45(51-46)33-16-8-4-9-17-33/h3-4,6-11,14-16,18-25,28-30,33,37,41,44H,5,12-13,17,26-27H2,1-2H3,(H,49,50,51). The Bertz CT molecular complexity index is 2220. The zero-order valence-corrected chi connectivity index (χ0v) is 29.6. The lowest BCUT2D eigenvalue weighted by molar-refractivity contribution is 0.233. The molecule has 4 unspecified atom stereocenters. The maximum Gasteiger partial charge on any atom is 0.169 e. The molecule has 1 aliphatic heterocycles. The molecule has 0 aromatic heterocycles. The number of amidine groups is 2. The van der Waals surface area contributed by atoms with Gasteiger partial charge in [0, 0.05) is 28.2 Å². The van der Waals surface area contributed by atoms with Gasteiger partial charge < -0.3 is 5.32 Å². The Morgan fingerprint density at radius 3 is 2.29 bits per heavy atom. The van der Waals surface area contributed by atoms with Gasteiger partial charge in [-0.1, -0.05) is 161 Å². The van der Waals surface area contributed by atoms with Crippen LogP contribution in [0.3, 0.4) is 0 Å². The second-order valence-corrected chi connectivity index (χ2v) is 16.0. The lowest BCUT2D eigenvalue weighted by atomic mass is 9.63. The third kappa shape index (κ3) is 4.84. The fourth-order valence-corrected chi connectivity index (χ4v) is 10.3. The van der Waals surface area contributed by atoms with Crippen molar-refractivity contribution in [2.45, 2.75) is 75.3 Å². The van der Waals surface area contributed by atoms with Gasteiger partial charge >= 0.3 is 0 Å². The van der Waals surface area contributed by atoms with Crippen molar-refractivity contribution < 1.29 is 0 Å². The van der Waals surface area contributed by atoms with E-state index in [1.807, 2.05) is 0 Å². The summed E-state index contributed by atoms with van der Waals surface area (Å²) in [6.45, 7) is 4.85. The normalized spacial score (nSPS) is 26.0. The van der Waals surface area contributed by atoms with E-state index in [0.717, 1.165) is 29.2 Å². The Morgan fingerprint density at radius 2 is 1.49 bits per heavy atom. The zero-order chi connectivity index (χ0) is 34.2.